The van der Waals surface area contributed by atoms with Crippen LogP contribution in [0.5, 0.6) is 0 Å². The maximum absolute atomic E-state index is 11.7. The van der Waals surface area contributed by atoms with Gasteiger partial charge in [-0.15, -0.1) is 0 Å². The molecule has 0 spiro atoms. The van der Waals surface area contributed by atoms with E-state index in [2.05, 4.69) is 15.4 Å². The van der Waals surface area contributed by atoms with Gasteiger partial charge >= 0.3 is 12.2 Å². The van der Waals surface area contributed by atoms with Crippen molar-refractivity contribution < 1.29 is 19.1 Å². The molecule has 122 valence electrons. The van der Waals surface area contributed by atoms with Crippen LogP contribution in [0.4, 0.5) is 9.59 Å². The molecule has 0 aromatic carbocycles. The summed E-state index contributed by atoms with van der Waals surface area (Å²) in [5.74, 6) is 0.368. The molecule has 2 amide bonds. The van der Waals surface area contributed by atoms with Gasteiger partial charge in [-0.05, 0) is 39.5 Å². The van der Waals surface area contributed by atoms with Crippen LogP contribution >= 0.6 is 0 Å². The van der Waals surface area contributed by atoms with E-state index in [4.69, 9.17) is 4.74 Å². The molecule has 1 aliphatic carbocycles. The third-order valence-corrected chi connectivity index (χ3v) is 3.57. The fourth-order valence-corrected chi connectivity index (χ4v) is 2.59. The zero-order valence-corrected chi connectivity index (χ0v) is 13.5. The van der Waals surface area contributed by atoms with E-state index in [1.807, 2.05) is 20.8 Å². The van der Waals surface area contributed by atoms with Gasteiger partial charge in [0.05, 0.1) is 13.2 Å². The number of carbonyl (C=O) groups excluding carboxylic acids is 2. The zero-order chi connectivity index (χ0) is 15.9. The molecule has 1 fully saturated rings. The quantitative estimate of drug-likeness (QED) is 0.837. The molecule has 2 N–H and O–H groups in total. The van der Waals surface area contributed by atoms with E-state index in [1.54, 1.807) is 0 Å². The van der Waals surface area contributed by atoms with Gasteiger partial charge in [0.1, 0.15) is 5.60 Å². The van der Waals surface area contributed by atoms with Crippen LogP contribution in [0.25, 0.3) is 0 Å². The standard InChI is InChI=1S/C15H28N2O4/c1-15(2,3)21-13(18)16-10-12(17-14(19)20-4)11-8-6-5-7-9-11/h11-12H,5-10H2,1-4H3,(H,16,18)(H,17,19). The first kappa shape index (κ1) is 17.6. The maximum Gasteiger partial charge on any atom is 0.407 e. The Bertz CT molecular complexity index is 346. The van der Waals surface area contributed by atoms with Crippen LogP contribution in [0.15, 0.2) is 0 Å². The Morgan fingerprint density at radius 1 is 1.14 bits per heavy atom. The van der Waals surface area contributed by atoms with Gasteiger partial charge in [0, 0.05) is 6.54 Å². The highest BCUT2D eigenvalue weighted by Gasteiger charge is 2.26. The molecule has 0 bridgehead atoms. The summed E-state index contributed by atoms with van der Waals surface area (Å²) in [6.07, 6.45) is 4.76. The molecule has 1 aliphatic rings. The van der Waals surface area contributed by atoms with Crippen LogP contribution < -0.4 is 10.6 Å². The van der Waals surface area contributed by atoms with Crippen LogP contribution in [-0.2, 0) is 9.47 Å². The van der Waals surface area contributed by atoms with Crippen LogP contribution in [0, 0.1) is 5.92 Å². The van der Waals surface area contributed by atoms with Crippen molar-refractivity contribution in [2.24, 2.45) is 5.92 Å². The molecular weight excluding hydrogens is 272 g/mol. The highest BCUT2D eigenvalue weighted by molar-refractivity contribution is 5.69. The van der Waals surface area contributed by atoms with Crippen molar-refractivity contribution in [1.29, 1.82) is 0 Å². The first-order valence-corrected chi connectivity index (χ1v) is 7.63. The van der Waals surface area contributed by atoms with E-state index in [0.717, 1.165) is 25.7 Å². The van der Waals surface area contributed by atoms with Gasteiger partial charge in [-0.3, -0.25) is 0 Å². The van der Waals surface area contributed by atoms with Crippen LogP contribution in [-0.4, -0.2) is 37.5 Å². The molecular formula is C15H28N2O4. The molecule has 0 aromatic heterocycles. The monoisotopic (exact) mass is 300 g/mol. The van der Waals surface area contributed by atoms with Gasteiger partial charge in [0.2, 0.25) is 0 Å². The van der Waals surface area contributed by atoms with E-state index >= 15 is 0 Å². The third kappa shape index (κ3) is 7.20. The van der Waals surface area contributed by atoms with Crippen molar-refractivity contribution in [3.8, 4) is 0 Å². The van der Waals surface area contributed by atoms with E-state index in [0.29, 0.717) is 12.5 Å². The molecule has 0 heterocycles. The number of hydrogen-bond acceptors (Lipinski definition) is 4. The number of carbonyl (C=O) groups is 2. The predicted octanol–water partition coefficient (Wildman–Crippen LogP) is 2.82. The number of amides is 2. The Kier molecular flexibility index (Phi) is 6.78. The summed E-state index contributed by atoms with van der Waals surface area (Å²) in [4.78, 5) is 23.2. The lowest BCUT2D eigenvalue weighted by Crippen LogP contribution is -2.49. The lowest BCUT2D eigenvalue weighted by Gasteiger charge is -2.31. The molecule has 1 rings (SSSR count). The molecule has 0 aromatic rings. The Morgan fingerprint density at radius 3 is 2.29 bits per heavy atom. The van der Waals surface area contributed by atoms with Crippen molar-refractivity contribution in [2.45, 2.75) is 64.5 Å². The van der Waals surface area contributed by atoms with Crippen molar-refractivity contribution >= 4 is 12.2 Å². The fourth-order valence-electron chi connectivity index (χ4n) is 2.59. The largest absolute Gasteiger partial charge is 0.453 e. The van der Waals surface area contributed by atoms with Crippen molar-refractivity contribution in [1.82, 2.24) is 10.6 Å². The van der Waals surface area contributed by atoms with Gasteiger partial charge in [0.25, 0.3) is 0 Å². The van der Waals surface area contributed by atoms with Crippen LogP contribution in [0.1, 0.15) is 52.9 Å². The molecule has 0 aliphatic heterocycles. The lowest BCUT2D eigenvalue weighted by atomic mass is 9.84. The topological polar surface area (TPSA) is 76.7 Å². The molecule has 0 radical (unpaired) electrons. The normalized spacial score (nSPS) is 17.7. The molecule has 6 heteroatoms. The van der Waals surface area contributed by atoms with E-state index in [-0.39, 0.29) is 6.04 Å². The van der Waals surface area contributed by atoms with Crippen molar-refractivity contribution in [2.75, 3.05) is 13.7 Å². The summed E-state index contributed by atoms with van der Waals surface area (Å²) in [5.41, 5.74) is -0.528. The first-order valence-electron chi connectivity index (χ1n) is 7.63. The lowest BCUT2D eigenvalue weighted by molar-refractivity contribution is 0.0514. The van der Waals surface area contributed by atoms with Crippen molar-refractivity contribution in [3.63, 3.8) is 0 Å². The number of hydrogen-bond donors (Lipinski definition) is 2. The molecule has 0 saturated heterocycles. The average molecular weight is 300 g/mol. The fraction of sp³-hybridized carbons (Fsp3) is 0.867. The van der Waals surface area contributed by atoms with Crippen LogP contribution in [0.3, 0.4) is 0 Å². The molecule has 1 unspecified atom stereocenters. The van der Waals surface area contributed by atoms with Gasteiger partial charge in [0.15, 0.2) is 0 Å². The van der Waals surface area contributed by atoms with E-state index in [9.17, 15) is 9.59 Å². The third-order valence-electron chi connectivity index (χ3n) is 3.57. The minimum Gasteiger partial charge on any atom is -0.453 e. The Morgan fingerprint density at radius 2 is 1.76 bits per heavy atom. The molecule has 1 atom stereocenters. The van der Waals surface area contributed by atoms with Gasteiger partial charge in [-0.25, -0.2) is 9.59 Å². The Balaban J connectivity index is 2.51. The number of methoxy groups -OCH3 is 1. The Labute approximate surface area is 126 Å². The summed E-state index contributed by atoms with van der Waals surface area (Å²) in [6.45, 7) is 5.81. The number of nitrogens with one attached hydrogen (secondary N) is 2. The number of ether oxygens (including phenoxy) is 2. The first-order chi connectivity index (χ1) is 9.81. The number of alkyl carbamates (subject to hydrolysis) is 2. The van der Waals surface area contributed by atoms with E-state index in [1.165, 1.54) is 13.5 Å². The Hall–Kier alpha value is -1.46. The van der Waals surface area contributed by atoms with Gasteiger partial charge < -0.3 is 20.1 Å². The molecule has 1 saturated carbocycles. The minimum absolute atomic E-state index is 0.120. The highest BCUT2D eigenvalue weighted by atomic mass is 16.6. The second-order valence-corrected chi connectivity index (χ2v) is 6.52. The second kappa shape index (κ2) is 8.10. The summed E-state index contributed by atoms with van der Waals surface area (Å²) in [7, 11) is 1.34. The highest BCUT2D eigenvalue weighted by Crippen LogP contribution is 2.26. The minimum atomic E-state index is -0.528. The smallest absolute Gasteiger partial charge is 0.407 e. The summed E-state index contributed by atoms with van der Waals surface area (Å²) in [6, 6.07) is -0.120. The average Bonchev–Trinajstić information content (AvgIpc) is 2.42. The summed E-state index contributed by atoms with van der Waals surface area (Å²) >= 11 is 0. The zero-order valence-electron chi connectivity index (χ0n) is 13.5. The molecule has 21 heavy (non-hydrogen) atoms. The summed E-state index contributed by atoms with van der Waals surface area (Å²) in [5, 5.41) is 5.56. The van der Waals surface area contributed by atoms with E-state index < -0.39 is 17.8 Å². The molecule has 6 nitrogen and oxygen atoms in total. The number of rotatable bonds is 4. The van der Waals surface area contributed by atoms with Crippen molar-refractivity contribution in [3.05, 3.63) is 0 Å². The van der Waals surface area contributed by atoms with Gasteiger partial charge in [-0.2, -0.15) is 0 Å². The second-order valence-electron chi connectivity index (χ2n) is 6.52. The SMILES string of the molecule is COC(=O)NC(CNC(=O)OC(C)(C)C)C1CCCCC1. The summed E-state index contributed by atoms with van der Waals surface area (Å²) < 4.78 is 9.88. The maximum atomic E-state index is 11.7. The van der Waals surface area contributed by atoms with Gasteiger partial charge in [-0.1, -0.05) is 19.3 Å². The predicted molar refractivity (Wildman–Crippen MR) is 80.1 cm³/mol. The van der Waals surface area contributed by atoms with Crippen LogP contribution in [0.2, 0.25) is 0 Å².